The summed E-state index contributed by atoms with van der Waals surface area (Å²) in [6.45, 7) is 2.85. The van der Waals surface area contributed by atoms with Gasteiger partial charge in [-0.1, -0.05) is 0 Å². The first kappa shape index (κ1) is 21.3. The summed E-state index contributed by atoms with van der Waals surface area (Å²) in [5.41, 5.74) is 5.69. The third-order valence-electron chi connectivity index (χ3n) is 3.90. The summed E-state index contributed by atoms with van der Waals surface area (Å²) in [5.74, 6) is -1.78. The molecule has 2 amide bonds. The molecule has 1 atom stereocenters. The van der Waals surface area contributed by atoms with E-state index in [4.69, 9.17) is 10.5 Å². The molecule has 4 N–H and O–H groups in total. The SMILES string of the molecule is COc1ccc(S(=O)(=O)NC(C)C(N)=O)cc1C(=O)Nc1ccc(F)c(C)c1. The van der Waals surface area contributed by atoms with Crippen LogP contribution in [0.4, 0.5) is 10.1 Å². The molecule has 0 fully saturated rings. The molecule has 0 aliphatic heterocycles. The largest absolute Gasteiger partial charge is 0.496 e. The van der Waals surface area contributed by atoms with Crippen LogP contribution in [0.3, 0.4) is 0 Å². The number of carbonyl (C=O) groups excluding carboxylic acids is 2. The van der Waals surface area contributed by atoms with Crippen LogP contribution in [0, 0.1) is 12.7 Å². The van der Waals surface area contributed by atoms with Crippen LogP contribution < -0.4 is 20.5 Å². The Morgan fingerprint density at radius 3 is 2.43 bits per heavy atom. The number of rotatable bonds is 7. The molecule has 150 valence electrons. The van der Waals surface area contributed by atoms with Crippen LogP contribution in [0.5, 0.6) is 5.75 Å². The summed E-state index contributed by atoms with van der Waals surface area (Å²) >= 11 is 0. The first-order valence-electron chi connectivity index (χ1n) is 8.12. The number of primary amides is 1. The Hall–Kier alpha value is -2.98. The summed E-state index contributed by atoms with van der Waals surface area (Å²) in [6, 6.07) is 6.55. The second-order valence-electron chi connectivity index (χ2n) is 6.03. The topological polar surface area (TPSA) is 128 Å². The van der Waals surface area contributed by atoms with Crippen molar-refractivity contribution in [3.8, 4) is 5.75 Å². The molecule has 0 aliphatic rings. The second-order valence-corrected chi connectivity index (χ2v) is 7.74. The van der Waals surface area contributed by atoms with Crippen molar-refractivity contribution in [2.75, 3.05) is 12.4 Å². The predicted molar refractivity (Wildman–Crippen MR) is 101 cm³/mol. The Morgan fingerprint density at radius 1 is 1.18 bits per heavy atom. The van der Waals surface area contributed by atoms with Gasteiger partial charge in [0.2, 0.25) is 15.9 Å². The van der Waals surface area contributed by atoms with Crippen LogP contribution in [0.15, 0.2) is 41.3 Å². The van der Waals surface area contributed by atoms with Crippen molar-refractivity contribution < 1.29 is 27.1 Å². The lowest BCUT2D eigenvalue weighted by atomic mass is 10.1. The molecule has 2 aromatic rings. The van der Waals surface area contributed by atoms with Gasteiger partial charge in [-0.25, -0.2) is 12.8 Å². The molecule has 1 unspecified atom stereocenters. The number of methoxy groups -OCH3 is 1. The number of aryl methyl sites for hydroxylation is 1. The van der Waals surface area contributed by atoms with Gasteiger partial charge in [0.25, 0.3) is 5.91 Å². The third-order valence-corrected chi connectivity index (χ3v) is 5.44. The fraction of sp³-hybridized carbons (Fsp3) is 0.222. The maximum atomic E-state index is 13.4. The molecule has 28 heavy (non-hydrogen) atoms. The lowest BCUT2D eigenvalue weighted by Gasteiger charge is -2.14. The number of halogens is 1. The van der Waals surface area contributed by atoms with Gasteiger partial charge in [0.1, 0.15) is 11.6 Å². The summed E-state index contributed by atoms with van der Waals surface area (Å²) in [7, 11) is -2.78. The number of nitrogens with one attached hydrogen (secondary N) is 2. The maximum Gasteiger partial charge on any atom is 0.259 e. The van der Waals surface area contributed by atoms with E-state index < -0.39 is 33.7 Å². The zero-order chi connectivity index (χ0) is 21.1. The Kier molecular flexibility index (Phi) is 6.37. The fourth-order valence-electron chi connectivity index (χ4n) is 2.31. The molecule has 0 aliphatic carbocycles. The monoisotopic (exact) mass is 409 g/mol. The minimum Gasteiger partial charge on any atom is -0.496 e. The minimum atomic E-state index is -4.11. The highest BCUT2D eigenvalue weighted by molar-refractivity contribution is 7.89. The van der Waals surface area contributed by atoms with Crippen molar-refractivity contribution in [1.29, 1.82) is 0 Å². The average Bonchev–Trinajstić information content (AvgIpc) is 2.63. The number of benzene rings is 2. The molecule has 0 saturated heterocycles. The van der Waals surface area contributed by atoms with Gasteiger partial charge in [-0.2, -0.15) is 4.72 Å². The Bertz CT molecular complexity index is 1020. The van der Waals surface area contributed by atoms with Gasteiger partial charge >= 0.3 is 0 Å². The van der Waals surface area contributed by atoms with Gasteiger partial charge in [-0.05, 0) is 55.8 Å². The Morgan fingerprint density at radius 2 is 1.86 bits per heavy atom. The van der Waals surface area contributed by atoms with Gasteiger partial charge < -0.3 is 15.8 Å². The van der Waals surface area contributed by atoms with Crippen LogP contribution in [0.1, 0.15) is 22.8 Å². The van der Waals surface area contributed by atoms with E-state index in [1.54, 1.807) is 6.92 Å². The Labute approximate surface area is 161 Å². The van der Waals surface area contributed by atoms with Crippen LogP contribution in [0.2, 0.25) is 0 Å². The van der Waals surface area contributed by atoms with Crippen molar-refractivity contribution in [2.45, 2.75) is 24.8 Å². The molecular formula is C18H20FN3O5S. The average molecular weight is 409 g/mol. The van der Waals surface area contributed by atoms with E-state index in [1.807, 2.05) is 0 Å². The number of amides is 2. The molecule has 0 radical (unpaired) electrons. The van der Waals surface area contributed by atoms with E-state index >= 15 is 0 Å². The van der Waals surface area contributed by atoms with Crippen LogP contribution in [-0.4, -0.2) is 33.4 Å². The smallest absolute Gasteiger partial charge is 0.259 e. The molecule has 10 heteroatoms. The predicted octanol–water partition coefficient (Wildman–Crippen LogP) is 1.55. The number of ether oxygens (including phenoxy) is 1. The van der Waals surface area contributed by atoms with Crippen LogP contribution in [0.25, 0.3) is 0 Å². The van der Waals surface area contributed by atoms with E-state index in [2.05, 4.69) is 10.0 Å². The lowest BCUT2D eigenvalue weighted by Crippen LogP contribution is -2.42. The van der Waals surface area contributed by atoms with Crippen LogP contribution >= 0.6 is 0 Å². The van der Waals surface area contributed by atoms with Crippen LogP contribution in [-0.2, 0) is 14.8 Å². The number of nitrogens with two attached hydrogens (primary N) is 1. The first-order valence-corrected chi connectivity index (χ1v) is 9.60. The van der Waals surface area contributed by atoms with Gasteiger partial charge in [0, 0.05) is 5.69 Å². The molecule has 2 aromatic carbocycles. The van der Waals surface area contributed by atoms with Gasteiger partial charge in [-0.15, -0.1) is 0 Å². The summed E-state index contributed by atoms with van der Waals surface area (Å²) < 4.78 is 45.5. The molecule has 0 aromatic heterocycles. The molecular weight excluding hydrogens is 389 g/mol. The van der Waals surface area contributed by atoms with Crippen molar-refractivity contribution >= 4 is 27.5 Å². The zero-order valence-corrected chi connectivity index (χ0v) is 16.3. The van der Waals surface area contributed by atoms with E-state index in [-0.39, 0.29) is 16.2 Å². The first-order chi connectivity index (χ1) is 13.0. The van der Waals surface area contributed by atoms with Crippen molar-refractivity contribution in [2.24, 2.45) is 5.73 Å². The molecule has 0 spiro atoms. The van der Waals surface area contributed by atoms with E-state index in [0.717, 1.165) is 6.07 Å². The number of sulfonamides is 1. The van der Waals surface area contributed by atoms with E-state index in [9.17, 15) is 22.4 Å². The number of anilines is 1. The second kappa shape index (κ2) is 8.36. The Balaban J connectivity index is 2.37. The standard InChI is InChI=1S/C18H20FN3O5S/c1-10-8-12(4-6-15(10)19)21-18(24)14-9-13(5-7-16(14)27-3)28(25,26)22-11(2)17(20)23/h4-9,11,22H,1-3H3,(H2,20,23)(H,21,24). The zero-order valence-electron chi connectivity index (χ0n) is 15.4. The minimum absolute atomic E-state index is 0.0564. The highest BCUT2D eigenvalue weighted by atomic mass is 32.2. The highest BCUT2D eigenvalue weighted by Gasteiger charge is 2.23. The summed E-state index contributed by atoms with van der Waals surface area (Å²) in [4.78, 5) is 23.5. The highest BCUT2D eigenvalue weighted by Crippen LogP contribution is 2.24. The van der Waals surface area contributed by atoms with Gasteiger partial charge in [0.05, 0.1) is 23.6 Å². The number of hydrogen-bond acceptors (Lipinski definition) is 5. The fourth-order valence-corrected chi connectivity index (χ4v) is 3.55. The molecule has 8 nitrogen and oxygen atoms in total. The number of hydrogen-bond donors (Lipinski definition) is 3. The van der Waals surface area contributed by atoms with Gasteiger partial charge in [0.15, 0.2) is 0 Å². The number of carbonyl (C=O) groups is 2. The van der Waals surface area contributed by atoms with Crippen molar-refractivity contribution in [3.63, 3.8) is 0 Å². The normalized spacial score (nSPS) is 12.3. The van der Waals surface area contributed by atoms with Crippen molar-refractivity contribution in [1.82, 2.24) is 4.72 Å². The summed E-state index contributed by atoms with van der Waals surface area (Å²) in [5, 5.41) is 2.56. The van der Waals surface area contributed by atoms with Crippen molar-refractivity contribution in [3.05, 3.63) is 53.3 Å². The van der Waals surface area contributed by atoms with E-state index in [0.29, 0.717) is 11.3 Å². The third kappa shape index (κ3) is 4.84. The maximum absolute atomic E-state index is 13.4. The molecule has 0 bridgehead atoms. The lowest BCUT2D eigenvalue weighted by molar-refractivity contribution is -0.119. The molecule has 0 saturated carbocycles. The molecule has 2 rings (SSSR count). The quantitative estimate of drug-likeness (QED) is 0.639. The van der Waals surface area contributed by atoms with Gasteiger partial charge in [-0.3, -0.25) is 9.59 Å². The molecule has 0 heterocycles. The van der Waals surface area contributed by atoms with E-state index in [1.165, 1.54) is 44.4 Å². The summed E-state index contributed by atoms with van der Waals surface area (Å²) in [6.07, 6.45) is 0.